The maximum Gasteiger partial charge on any atom is 0.327 e. The highest BCUT2D eigenvalue weighted by atomic mass is 16.2. The largest absolute Gasteiger partial charge is 0.327 e. The predicted molar refractivity (Wildman–Crippen MR) is 71.3 cm³/mol. The van der Waals surface area contributed by atoms with E-state index >= 15 is 0 Å². The van der Waals surface area contributed by atoms with Crippen LogP contribution in [0.25, 0.3) is 0 Å². The van der Waals surface area contributed by atoms with Crippen molar-refractivity contribution in [2.24, 2.45) is 5.92 Å². The van der Waals surface area contributed by atoms with Crippen molar-refractivity contribution in [2.75, 3.05) is 26.7 Å². The molecule has 0 aromatic carbocycles. The fourth-order valence-corrected chi connectivity index (χ4v) is 2.11. The molecule has 1 aliphatic heterocycles. The van der Waals surface area contributed by atoms with E-state index in [2.05, 4.69) is 26.1 Å². The predicted octanol–water partition coefficient (Wildman–Crippen LogP) is 1.29. The highest BCUT2D eigenvalue weighted by Crippen LogP contribution is 2.14. The second-order valence-electron chi connectivity index (χ2n) is 5.09. The van der Waals surface area contributed by atoms with E-state index in [1.807, 2.05) is 0 Å². The maximum atomic E-state index is 11.8. The standard InChI is InChI=1S/C13H25N3O2/c1-5-7-14-11(10(3)6-2)8-16-12(17)9-15(4)13(16)18/h10-11,14H,5-9H2,1-4H3. The van der Waals surface area contributed by atoms with Gasteiger partial charge in [0.1, 0.15) is 6.54 Å². The van der Waals surface area contributed by atoms with Gasteiger partial charge in [0.2, 0.25) is 5.91 Å². The Morgan fingerprint density at radius 3 is 2.44 bits per heavy atom. The van der Waals surface area contributed by atoms with Gasteiger partial charge in [0.15, 0.2) is 0 Å². The van der Waals surface area contributed by atoms with E-state index in [0.29, 0.717) is 12.5 Å². The lowest BCUT2D eigenvalue weighted by Crippen LogP contribution is -2.47. The van der Waals surface area contributed by atoms with Crippen LogP contribution in [0.5, 0.6) is 0 Å². The third-order valence-electron chi connectivity index (χ3n) is 3.60. The molecule has 1 saturated heterocycles. The molecule has 18 heavy (non-hydrogen) atoms. The highest BCUT2D eigenvalue weighted by Gasteiger charge is 2.35. The van der Waals surface area contributed by atoms with Crippen LogP contribution in [0.15, 0.2) is 0 Å². The molecular formula is C13H25N3O2. The number of carbonyl (C=O) groups excluding carboxylic acids is 2. The summed E-state index contributed by atoms with van der Waals surface area (Å²) in [6.07, 6.45) is 2.09. The third-order valence-corrected chi connectivity index (χ3v) is 3.60. The molecule has 5 nitrogen and oxygen atoms in total. The van der Waals surface area contributed by atoms with E-state index in [1.165, 1.54) is 9.80 Å². The molecule has 0 bridgehead atoms. The summed E-state index contributed by atoms with van der Waals surface area (Å²) < 4.78 is 0. The van der Waals surface area contributed by atoms with E-state index < -0.39 is 0 Å². The number of urea groups is 1. The monoisotopic (exact) mass is 255 g/mol. The summed E-state index contributed by atoms with van der Waals surface area (Å²) in [6, 6.07) is 0.0148. The lowest BCUT2D eigenvalue weighted by Gasteiger charge is -2.27. The van der Waals surface area contributed by atoms with Crippen LogP contribution in [0, 0.1) is 5.92 Å². The van der Waals surface area contributed by atoms with Gasteiger partial charge in [-0.05, 0) is 18.9 Å². The van der Waals surface area contributed by atoms with Crippen LogP contribution in [0.2, 0.25) is 0 Å². The molecule has 1 fully saturated rings. The summed E-state index contributed by atoms with van der Waals surface area (Å²) in [5, 5.41) is 3.44. The molecule has 0 aromatic heterocycles. The van der Waals surface area contributed by atoms with Gasteiger partial charge in [-0.2, -0.15) is 0 Å². The number of carbonyl (C=O) groups is 2. The van der Waals surface area contributed by atoms with Crippen molar-refractivity contribution in [2.45, 2.75) is 39.7 Å². The molecule has 1 rings (SSSR count). The van der Waals surface area contributed by atoms with E-state index in [4.69, 9.17) is 0 Å². The molecule has 1 aliphatic rings. The van der Waals surface area contributed by atoms with Gasteiger partial charge in [0.25, 0.3) is 0 Å². The van der Waals surface area contributed by atoms with Crippen LogP contribution in [-0.4, -0.2) is 54.5 Å². The molecule has 104 valence electrons. The smallest absolute Gasteiger partial charge is 0.318 e. The van der Waals surface area contributed by atoms with Crippen molar-refractivity contribution in [1.82, 2.24) is 15.1 Å². The minimum absolute atomic E-state index is 0.0888. The average molecular weight is 255 g/mol. The van der Waals surface area contributed by atoms with Gasteiger partial charge in [0.05, 0.1) is 0 Å². The van der Waals surface area contributed by atoms with Crippen molar-refractivity contribution in [3.8, 4) is 0 Å². The van der Waals surface area contributed by atoms with Crippen LogP contribution in [0.4, 0.5) is 4.79 Å². The number of amides is 3. The second-order valence-corrected chi connectivity index (χ2v) is 5.09. The fraction of sp³-hybridized carbons (Fsp3) is 0.846. The molecule has 0 saturated carbocycles. The van der Waals surface area contributed by atoms with Crippen LogP contribution in [-0.2, 0) is 4.79 Å². The van der Waals surface area contributed by atoms with Crippen molar-refractivity contribution in [3.05, 3.63) is 0 Å². The van der Waals surface area contributed by atoms with Crippen LogP contribution in [0.1, 0.15) is 33.6 Å². The van der Waals surface area contributed by atoms with Gasteiger partial charge in [-0.15, -0.1) is 0 Å². The number of nitrogens with one attached hydrogen (secondary N) is 1. The summed E-state index contributed by atoms with van der Waals surface area (Å²) in [4.78, 5) is 26.4. The Bertz CT molecular complexity index is 307. The van der Waals surface area contributed by atoms with E-state index in [9.17, 15) is 9.59 Å². The Balaban J connectivity index is 2.64. The van der Waals surface area contributed by atoms with Crippen LogP contribution < -0.4 is 5.32 Å². The molecule has 1 heterocycles. The van der Waals surface area contributed by atoms with Crippen LogP contribution in [0.3, 0.4) is 0 Å². The Kier molecular flexibility index (Phi) is 5.59. The molecular weight excluding hydrogens is 230 g/mol. The first-order chi connectivity index (χ1) is 8.51. The molecule has 1 N–H and O–H groups in total. The van der Waals surface area contributed by atoms with Gasteiger partial charge < -0.3 is 10.2 Å². The van der Waals surface area contributed by atoms with Crippen molar-refractivity contribution < 1.29 is 9.59 Å². The van der Waals surface area contributed by atoms with Crippen molar-refractivity contribution >= 4 is 11.9 Å². The van der Waals surface area contributed by atoms with Gasteiger partial charge in [-0.3, -0.25) is 9.69 Å². The van der Waals surface area contributed by atoms with Crippen molar-refractivity contribution in [1.29, 1.82) is 0 Å². The number of rotatable bonds is 7. The first-order valence-electron chi connectivity index (χ1n) is 6.80. The quantitative estimate of drug-likeness (QED) is 0.698. The summed E-state index contributed by atoms with van der Waals surface area (Å²) >= 11 is 0. The minimum Gasteiger partial charge on any atom is -0.318 e. The molecule has 2 unspecified atom stereocenters. The number of nitrogens with zero attached hydrogens (tertiary/aromatic N) is 2. The summed E-state index contributed by atoms with van der Waals surface area (Å²) in [5.41, 5.74) is 0. The molecule has 0 spiro atoms. The van der Waals surface area contributed by atoms with Gasteiger partial charge in [-0.25, -0.2) is 4.79 Å². The summed E-state index contributed by atoms with van der Waals surface area (Å²) in [7, 11) is 1.66. The minimum atomic E-state index is -0.174. The Labute approximate surface area is 110 Å². The van der Waals surface area contributed by atoms with E-state index in [0.717, 1.165) is 19.4 Å². The molecule has 5 heteroatoms. The topological polar surface area (TPSA) is 52.7 Å². The molecule has 2 atom stereocenters. The van der Waals surface area contributed by atoms with Gasteiger partial charge in [0, 0.05) is 19.6 Å². The molecule has 0 aromatic rings. The van der Waals surface area contributed by atoms with Gasteiger partial charge >= 0.3 is 6.03 Å². The van der Waals surface area contributed by atoms with Gasteiger partial charge in [-0.1, -0.05) is 27.2 Å². The zero-order valence-electron chi connectivity index (χ0n) is 11.9. The number of hydrogen-bond donors (Lipinski definition) is 1. The SMILES string of the molecule is CCCNC(CN1C(=O)CN(C)C1=O)C(C)CC. The third kappa shape index (κ3) is 3.45. The van der Waals surface area contributed by atoms with E-state index in [1.54, 1.807) is 7.05 Å². The summed E-state index contributed by atoms with van der Waals surface area (Å²) in [5.74, 6) is 0.358. The Morgan fingerprint density at radius 1 is 1.33 bits per heavy atom. The zero-order chi connectivity index (χ0) is 13.7. The maximum absolute atomic E-state index is 11.8. The molecule has 0 aliphatic carbocycles. The number of hydrogen-bond acceptors (Lipinski definition) is 3. The first kappa shape index (κ1) is 15.0. The summed E-state index contributed by atoms with van der Waals surface area (Å²) in [6.45, 7) is 8.01. The lowest BCUT2D eigenvalue weighted by atomic mass is 9.98. The molecule has 3 amide bonds. The highest BCUT2D eigenvalue weighted by molar-refractivity contribution is 6.01. The molecule has 0 radical (unpaired) electrons. The first-order valence-corrected chi connectivity index (χ1v) is 6.80. The fourth-order valence-electron chi connectivity index (χ4n) is 2.11. The van der Waals surface area contributed by atoms with Crippen LogP contribution >= 0.6 is 0 Å². The number of imide groups is 1. The normalized spacial score (nSPS) is 19.6. The Hall–Kier alpha value is -1.10. The number of likely N-dealkylation sites (N-methyl/N-ethyl adjacent to an activating group) is 1. The Morgan fingerprint density at radius 2 is 2.00 bits per heavy atom. The average Bonchev–Trinajstić information content (AvgIpc) is 2.59. The second kappa shape index (κ2) is 6.73. The van der Waals surface area contributed by atoms with E-state index in [-0.39, 0.29) is 24.5 Å². The lowest BCUT2D eigenvalue weighted by molar-refractivity contribution is -0.125. The zero-order valence-corrected chi connectivity index (χ0v) is 11.9. The van der Waals surface area contributed by atoms with Crippen molar-refractivity contribution in [3.63, 3.8) is 0 Å².